The predicted octanol–water partition coefficient (Wildman–Crippen LogP) is 2.90. The van der Waals surface area contributed by atoms with Crippen molar-refractivity contribution in [2.45, 2.75) is 12.3 Å². The molecule has 0 aliphatic heterocycles. The van der Waals surface area contributed by atoms with Crippen LogP contribution in [0.1, 0.15) is 11.1 Å². The van der Waals surface area contributed by atoms with E-state index in [1.54, 1.807) is 30.7 Å². The molecule has 1 N–H and O–H groups in total. The highest BCUT2D eigenvalue weighted by Crippen LogP contribution is 2.15. The van der Waals surface area contributed by atoms with Crippen LogP contribution in [0.4, 0.5) is 4.39 Å². The van der Waals surface area contributed by atoms with Gasteiger partial charge < -0.3 is 0 Å². The van der Waals surface area contributed by atoms with Gasteiger partial charge >= 0.3 is 0 Å². The molecule has 5 nitrogen and oxygen atoms in total. The van der Waals surface area contributed by atoms with Crippen molar-refractivity contribution in [3.05, 3.63) is 84.1 Å². The van der Waals surface area contributed by atoms with Gasteiger partial charge in [0.15, 0.2) is 0 Å². The lowest BCUT2D eigenvalue weighted by atomic mass is 10.1. The molecular weight excluding hydrogens is 341 g/mol. The lowest BCUT2D eigenvalue weighted by Crippen LogP contribution is -2.24. The summed E-state index contributed by atoms with van der Waals surface area (Å²) in [6, 6.07) is 12.9. The van der Waals surface area contributed by atoms with Crippen LogP contribution in [-0.2, 0) is 22.3 Å². The summed E-state index contributed by atoms with van der Waals surface area (Å²) in [5.41, 5.74) is 2.79. The molecule has 0 aliphatic rings. The zero-order valence-electron chi connectivity index (χ0n) is 13.3. The van der Waals surface area contributed by atoms with E-state index in [1.807, 2.05) is 18.2 Å². The highest BCUT2D eigenvalue weighted by atomic mass is 32.2. The average molecular weight is 357 g/mol. The van der Waals surface area contributed by atoms with Crippen molar-refractivity contribution in [2.75, 3.05) is 0 Å². The van der Waals surface area contributed by atoms with Crippen LogP contribution in [-0.4, -0.2) is 18.4 Å². The van der Waals surface area contributed by atoms with E-state index >= 15 is 0 Å². The maximum atomic E-state index is 13.1. The Morgan fingerprint density at radius 3 is 2.56 bits per heavy atom. The summed E-state index contributed by atoms with van der Waals surface area (Å²) < 4.78 is 39.9. The highest BCUT2D eigenvalue weighted by molar-refractivity contribution is 7.88. The zero-order valence-corrected chi connectivity index (χ0v) is 14.1. The van der Waals surface area contributed by atoms with Crippen molar-refractivity contribution >= 4 is 10.0 Å². The molecule has 0 fully saturated rings. The zero-order chi connectivity index (χ0) is 17.7. The first-order valence-electron chi connectivity index (χ1n) is 7.59. The minimum atomic E-state index is -3.57. The van der Waals surface area contributed by atoms with Gasteiger partial charge in [0.05, 0.1) is 11.4 Å². The van der Waals surface area contributed by atoms with Crippen LogP contribution in [0, 0.1) is 5.82 Å². The molecule has 0 saturated carbocycles. The second kappa shape index (κ2) is 7.50. The summed E-state index contributed by atoms with van der Waals surface area (Å²) in [4.78, 5) is 8.36. The molecule has 3 rings (SSSR count). The van der Waals surface area contributed by atoms with Crippen LogP contribution in [0.5, 0.6) is 0 Å². The summed E-state index contributed by atoms with van der Waals surface area (Å²) in [7, 11) is -3.57. The maximum absolute atomic E-state index is 13.1. The van der Waals surface area contributed by atoms with Gasteiger partial charge in [-0.25, -0.2) is 17.5 Å². The third-order valence-electron chi connectivity index (χ3n) is 3.52. The number of rotatable bonds is 6. The number of sulfonamides is 1. The Bertz CT molecular complexity index is 946. The summed E-state index contributed by atoms with van der Waals surface area (Å²) in [5, 5.41) is 0. The quantitative estimate of drug-likeness (QED) is 0.736. The van der Waals surface area contributed by atoms with Gasteiger partial charge in [-0.15, -0.1) is 0 Å². The number of nitrogens with one attached hydrogen (secondary N) is 1. The number of hydrogen-bond acceptors (Lipinski definition) is 4. The van der Waals surface area contributed by atoms with Crippen LogP contribution in [0.15, 0.2) is 67.1 Å². The van der Waals surface area contributed by atoms with Crippen molar-refractivity contribution in [2.24, 2.45) is 0 Å². The van der Waals surface area contributed by atoms with Crippen molar-refractivity contribution in [1.29, 1.82) is 0 Å². The molecule has 0 spiro atoms. The van der Waals surface area contributed by atoms with Crippen molar-refractivity contribution in [3.8, 4) is 11.3 Å². The number of nitrogens with zero attached hydrogens (tertiary/aromatic N) is 2. The Hall–Kier alpha value is -2.64. The lowest BCUT2D eigenvalue weighted by molar-refractivity contribution is 0.580. The first-order valence-corrected chi connectivity index (χ1v) is 9.24. The van der Waals surface area contributed by atoms with E-state index in [-0.39, 0.29) is 12.3 Å². The lowest BCUT2D eigenvalue weighted by Gasteiger charge is -2.08. The molecule has 0 atom stereocenters. The van der Waals surface area contributed by atoms with Crippen LogP contribution in [0.25, 0.3) is 11.3 Å². The molecule has 2 heterocycles. The van der Waals surface area contributed by atoms with Gasteiger partial charge in [0, 0.05) is 30.7 Å². The molecular formula is C18H16FN3O2S. The summed E-state index contributed by atoms with van der Waals surface area (Å²) in [6.07, 6.45) is 5.02. The average Bonchev–Trinajstić information content (AvgIpc) is 2.61. The summed E-state index contributed by atoms with van der Waals surface area (Å²) >= 11 is 0. The van der Waals surface area contributed by atoms with Gasteiger partial charge in [-0.05, 0) is 41.5 Å². The van der Waals surface area contributed by atoms with E-state index in [1.165, 1.54) is 18.2 Å². The Labute approximate surface area is 145 Å². The number of pyridine rings is 2. The molecule has 25 heavy (non-hydrogen) atoms. The largest absolute Gasteiger partial charge is 0.264 e. The molecule has 7 heteroatoms. The van der Waals surface area contributed by atoms with Crippen LogP contribution in [0.2, 0.25) is 0 Å². The fraction of sp³-hybridized carbons (Fsp3) is 0.111. The van der Waals surface area contributed by atoms with E-state index < -0.39 is 15.8 Å². The van der Waals surface area contributed by atoms with Crippen molar-refractivity contribution < 1.29 is 12.8 Å². The molecule has 128 valence electrons. The maximum Gasteiger partial charge on any atom is 0.216 e. The highest BCUT2D eigenvalue weighted by Gasteiger charge is 2.12. The molecule has 0 radical (unpaired) electrons. The van der Waals surface area contributed by atoms with Crippen LogP contribution < -0.4 is 4.72 Å². The second-order valence-corrected chi connectivity index (χ2v) is 7.31. The van der Waals surface area contributed by atoms with Gasteiger partial charge in [0.1, 0.15) is 5.82 Å². The van der Waals surface area contributed by atoms with E-state index in [2.05, 4.69) is 14.7 Å². The van der Waals surface area contributed by atoms with Gasteiger partial charge in [0.2, 0.25) is 10.0 Å². The SMILES string of the molecule is O=S(=O)(Cc1cccc(F)c1)NCc1ccc(-c2cccnc2)nc1. The first-order chi connectivity index (χ1) is 12.0. The molecule has 0 amide bonds. The van der Waals surface area contributed by atoms with Crippen molar-refractivity contribution in [3.63, 3.8) is 0 Å². The molecule has 0 saturated heterocycles. The number of hydrogen-bond donors (Lipinski definition) is 1. The van der Waals surface area contributed by atoms with Crippen LogP contribution in [0.3, 0.4) is 0 Å². The Kier molecular flexibility index (Phi) is 5.16. The van der Waals surface area contributed by atoms with Gasteiger partial charge in [0.25, 0.3) is 0 Å². The monoisotopic (exact) mass is 357 g/mol. The summed E-state index contributed by atoms with van der Waals surface area (Å²) in [5.74, 6) is -0.728. The van der Waals surface area contributed by atoms with E-state index in [4.69, 9.17) is 0 Å². The fourth-order valence-electron chi connectivity index (χ4n) is 2.30. The molecule has 3 aromatic rings. The normalized spacial score (nSPS) is 11.4. The third kappa shape index (κ3) is 4.91. The Morgan fingerprint density at radius 1 is 1.00 bits per heavy atom. The number of aromatic nitrogens is 2. The van der Waals surface area contributed by atoms with E-state index in [9.17, 15) is 12.8 Å². The molecule has 0 unspecified atom stereocenters. The smallest absolute Gasteiger partial charge is 0.216 e. The molecule has 0 bridgehead atoms. The minimum Gasteiger partial charge on any atom is -0.264 e. The van der Waals surface area contributed by atoms with E-state index in [0.717, 1.165) is 16.8 Å². The molecule has 1 aromatic carbocycles. The van der Waals surface area contributed by atoms with E-state index in [0.29, 0.717) is 5.56 Å². The van der Waals surface area contributed by atoms with Gasteiger partial charge in [-0.3, -0.25) is 9.97 Å². The van der Waals surface area contributed by atoms with Gasteiger partial charge in [-0.2, -0.15) is 0 Å². The van der Waals surface area contributed by atoms with Crippen molar-refractivity contribution in [1.82, 2.24) is 14.7 Å². The predicted molar refractivity (Wildman–Crippen MR) is 93.3 cm³/mol. The minimum absolute atomic E-state index is 0.123. The molecule has 2 aromatic heterocycles. The number of benzene rings is 1. The topological polar surface area (TPSA) is 72.0 Å². The summed E-state index contributed by atoms with van der Waals surface area (Å²) in [6.45, 7) is 0.123. The van der Waals surface area contributed by atoms with Crippen LogP contribution >= 0.6 is 0 Å². The molecule has 0 aliphatic carbocycles. The van der Waals surface area contributed by atoms with Gasteiger partial charge in [-0.1, -0.05) is 18.2 Å². The number of halogens is 1. The first kappa shape index (κ1) is 17.2. The third-order valence-corrected chi connectivity index (χ3v) is 4.82. The second-order valence-electron chi connectivity index (χ2n) is 5.50. The standard InChI is InChI=1S/C18H16FN3O2S/c19-17-5-1-3-14(9-17)13-25(23,24)22-11-15-6-7-18(21-10-15)16-4-2-8-20-12-16/h1-10,12,22H,11,13H2. The fourth-order valence-corrected chi connectivity index (χ4v) is 3.41. The Morgan fingerprint density at radius 2 is 1.88 bits per heavy atom. The Balaban J connectivity index is 1.63.